The van der Waals surface area contributed by atoms with Crippen molar-refractivity contribution in [3.8, 4) is 0 Å². The molecule has 1 saturated heterocycles. The molecule has 11 heteroatoms. The van der Waals surface area contributed by atoms with Crippen molar-refractivity contribution in [2.75, 3.05) is 4.90 Å². The maximum absolute atomic E-state index is 12.8. The van der Waals surface area contributed by atoms with Crippen LogP contribution in [0, 0.1) is 23.0 Å². The molecule has 0 spiro atoms. The van der Waals surface area contributed by atoms with Gasteiger partial charge in [0, 0.05) is 23.9 Å². The zero-order valence-electron chi connectivity index (χ0n) is 15.6. The molecule has 0 radical (unpaired) electrons. The van der Waals surface area contributed by atoms with Gasteiger partial charge in [-0.25, -0.2) is 5.43 Å². The Morgan fingerprint density at radius 1 is 1.27 bits per heavy atom. The van der Waals surface area contributed by atoms with Crippen LogP contribution in [-0.2, 0) is 9.59 Å². The predicted octanol–water partition coefficient (Wildman–Crippen LogP) is 1.68. The highest BCUT2D eigenvalue weighted by Gasteiger charge is 2.38. The first-order valence-electron chi connectivity index (χ1n) is 8.61. The van der Waals surface area contributed by atoms with E-state index in [-0.39, 0.29) is 16.4 Å². The first-order valence-corrected chi connectivity index (χ1v) is 9.02. The summed E-state index contributed by atoms with van der Waals surface area (Å²) < 4.78 is 0. The lowest BCUT2D eigenvalue weighted by Gasteiger charge is -2.30. The first-order chi connectivity index (χ1) is 14.3. The van der Waals surface area contributed by atoms with E-state index in [4.69, 9.17) is 12.2 Å². The van der Waals surface area contributed by atoms with Crippen LogP contribution in [-0.4, -0.2) is 34.0 Å². The third-order valence-corrected chi connectivity index (χ3v) is 4.49. The fourth-order valence-corrected chi connectivity index (χ4v) is 2.95. The van der Waals surface area contributed by atoms with Crippen LogP contribution in [0.5, 0.6) is 0 Å². The van der Waals surface area contributed by atoms with Crippen molar-refractivity contribution in [1.29, 1.82) is 0 Å². The van der Waals surface area contributed by atoms with Crippen molar-refractivity contribution in [2.45, 2.75) is 6.92 Å². The van der Waals surface area contributed by atoms with Gasteiger partial charge in [0.15, 0.2) is 11.0 Å². The third-order valence-electron chi connectivity index (χ3n) is 4.20. The van der Waals surface area contributed by atoms with Gasteiger partial charge in [-0.15, -0.1) is 0 Å². The number of nitro groups is 1. The molecule has 0 aliphatic carbocycles. The maximum Gasteiger partial charge on any atom is 0.271 e. The minimum Gasteiger partial charge on any atom is -0.301 e. The summed E-state index contributed by atoms with van der Waals surface area (Å²) in [7, 11) is 0. The van der Waals surface area contributed by atoms with Gasteiger partial charge in [-0.05, 0) is 37.3 Å². The van der Waals surface area contributed by atoms with Gasteiger partial charge in [0.25, 0.3) is 17.5 Å². The van der Waals surface area contributed by atoms with Gasteiger partial charge in [0.05, 0.1) is 10.6 Å². The number of nitrogens with zero attached hydrogens (tertiary/aromatic N) is 3. The predicted molar refractivity (Wildman–Crippen MR) is 112 cm³/mol. The third kappa shape index (κ3) is 4.36. The summed E-state index contributed by atoms with van der Waals surface area (Å²) in [6, 6.07) is 12.0. The number of benzene rings is 2. The van der Waals surface area contributed by atoms with E-state index in [9.17, 15) is 24.5 Å². The highest BCUT2D eigenvalue weighted by molar-refractivity contribution is 7.80. The van der Waals surface area contributed by atoms with E-state index in [0.717, 1.165) is 17.8 Å². The van der Waals surface area contributed by atoms with E-state index in [2.05, 4.69) is 15.8 Å². The van der Waals surface area contributed by atoms with Crippen LogP contribution in [0.1, 0.15) is 15.9 Å². The molecule has 152 valence electrons. The monoisotopic (exact) mass is 425 g/mol. The van der Waals surface area contributed by atoms with Gasteiger partial charge in [0.2, 0.25) is 5.91 Å². The van der Waals surface area contributed by atoms with Crippen molar-refractivity contribution in [3.05, 3.63) is 69.8 Å². The van der Waals surface area contributed by atoms with E-state index in [1.807, 2.05) is 6.92 Å². The summed E-state index contributed by atoms with van der Waals surface area (Å²) in [5.74, 6) is -3.35. The Hall–Kier alpha value is -3.99. The number of hydrazone groups is 1. The lowest BCUT2D eigenvalue weighted by atomic mass is 10.1. The molecule has 2 N–H and O–H groups in total. The number of rotatable bonds is 5. The van der Waals surface area contributed by atoms with Crippen molar-refractivity contribution in [3.63, 3.8) is 0 Å². The molecular weight excluding hydrogens is 410 g/mol. The molecule has 2 aromatic rings. The zero-order valence-corrected chi connectivity index (χ0v) is 16.4. The van der Waals surface area contributed by atoms with Gasteiger partial charge in [-0.2, -0.15) is 5.10 Å². The fourth-order valence-electron chi connectivity index (χ4n) is 2.66. The zero-order chi connectivity index (χ0) is 21.8. The van der Waals surface area contributed by atoms with Crippen LogP contribution in [0.25, 0.3) is 0 Å². The smallest absolute Gasteiger partial charge is 0.271 e. The molecule has 3 amide bonds. The van der Waals surface area contributed by atoms with Crippen LogP contribution in [0.15, 0.2) is 53.6 Å². The quantitative estimate of drug-likeness (QED) is 0.246. The SMILES string of the molecule is Cc1ccc(N2C(=O)[C@H](/C=N/NC(=O)c3cccc([N+](=O)[O-])c3)C(=O)NC2=S)cc1. The molecule has 0 aromatic heterocycles. The van der Waals surface area contributed by atoms with Crippen LogP contribution in [0.2, 0.25) is 0 Å². The van der Waals surface area contributed by atoms with Gasteiger partial charge in [-0.1, -0.05) is 23.8 Å². The Labute approximate surface area is 175 Å². The van der Waals surface area contributed by atoms with E-state index in [1.165, 1.54) is 23.1 Å². The molecule has 0 saturated carbocycles. The number of hydrogen-bond acceptors (Lipinski definition) is 7. The molecule has 0 unspecified atom stereocenters. The standard InChI is InChI=1S/C19H15N5O5S/c1-11-5-7-13(8-6-11)23-18(27)15(17(26)21-19(23)30)10-20-22-16(25)12-3-2-4-14(9-12)24(28)29/h2-10,15H,1H3,(H,22,25)(H,21,26,30)/b20-10+/t15-/m1/s1. The Morgan fingerprint density at radius 3 is 2.63 bits per heavy atom. The van der Waals surface area contributed by atoms with Crippen LogP contribution in [0.3, 0.4) is 0 Å². The molecule has 1 fully saturated rings. The molecule has 3 rings (SSSR count). The molecule has 0 bridgehead atoms. The number of thiocarbonyl (C=S) groups is 1. The number of aryl methyl sites for hydroxylation is 1. The lowest BCUT2D eigenvalue weighted by molar-refractivity contribution is -0.384. The second-order valence-electron chi connectivity index (χ2n) is 6.31. The number of nitro benzene ring substituents is 1. The van der Waals surface area contributed by atoms with E-state index in [0.29, 0.717) is 5.69 Å². The molecule has 1 aliphatic rings. The minimum absolute atomic E-state index is 0.00299. The number of anilines is 1. The van der Waals surface area contributed by atoms with E-state index in [1.54, 1.807) is 24.3 Å². The average molecular weight is 425 g/mol. The Morgan fingerprint density at radius 2 is 1.97 bits per heavy atom. The normalized spacial score (nSPS) is 16.5. The van der Waals surface area contributed by atoms with Crippen LogP contribution < -0.4 is 15.6 Å². The molecular formula is C19H15N5O5S. The molecule has 1 aliphatic heterocycles. The van der Waals surface area contributed by atoms with Crippen LogP contribution >= 0.6 is 12.2 Å². The summed E-state index contributed by atoms with van der Waals surface area (Å²) in [5.41, 5.74) is 3.37. The maximum atomic E-state index is 12.8. The molecule has 1 atom stereocenters. The van der Waals surface area contributed by atoms with Gasteiger partial charge in [-0.3, -0.25) is 29.4 Å². The first kappa shape index (κ1) is 20.7. The summed E-state index contributed by atoms with van der Waals surface area (Å²) >= 11 is 5.10. The number of carbonyl (C=O) groups excluding carboxylic acids is 3. The second kappa shape index (κ2) is 8.57. The van der Waals surface area contributed by atoms with Gasteiger partial charge in [0.1, 0.15) is 0 Å². The average Bonchev–Trinajstić information content (AvgIpc) is 2.71. The number of non-ortho nitro benzene ring substituents is 1. The molecule has 10 nitrogen and oxygen atoms in total. The summed E-state index contributed by atoms with van der Waals surface area (Å²) in [6.07, 6.45) is 0.982. The van der Waals surface area contributed by atoms with Crippen molar-refractivity contribution >= 4 is 52.6 Å². The lowest BCUT2D eigenvalue weighted by Crippen LogP contribution is -2.58. The van der Waals surface area contributed by atoms with E-state index >= 15 is 0 Å². The van der Waals surface area contributed by atoms with Crippen molar-refractivity contribution in [2.24, 2.45) is 11.0 Å². The largest absolute Gasteiger partial charge is 0.301 e. The van der Waals surface area contributed by atoms with Crippen LogP contribution in [0.4, 0.5) is 11.4 Å². The molecule has 1 heterocycles. The van der Waals surface area contributed by atoms with Crippen molar-refractivity contribution in [1.82, 2.24) is 10.7 Å². The Bertz CT molecular complexity index is 1080. The summed E-state index contributed by atoms with van der Waals surface area (Å²) in [6.45, 7) is 1.89. The number of amides is 3. The topological polar surface area (TPSA) is 134 Å². The highest BCUT2D eigenvalue weighted by Crippen LogP contribution is 2.20. The van der Waals surface area contributed by atoms with Crippen molar-refractivity contribution < 1.29 is 19.3 Å². The van der Waals surface area contributed by atoms with E-state index < -0.39 is 28.6 Å². The Balaban J connectivity index is 1.74. The second-order valence-corrected chi connectivity index (χ2v) is 6.69. The Kier molecular flexibility index (Phi) is 5.93. The summed E-state index contributed by atoms with van der Waals surface area (Å²) in [5, 5.41) is 16.9. The highest BCUT2D eigenvalue weighted by atomic mass is 32.1. The fraction of sp³-hybridized carbons (Fsp3) is 0.105. The minimum atomic E-state index is -1.32. The summed E-state index contributed by atoms with van der Waals surface area (Å²) in [4.78, 5) is 48.5. The number of hydrogen-bond donors (Lipinski definition) is 2. The number of carbonyl (C=O) groups is 3. The molecule has 2 aromatic carbocycles. The molecule has 30 heavy (non-hydrogen) atoms. The number of nitrogens with one attached hydrogen (secondary N) is 2. The van der Waals surface area contributed by atoms with Gasteiger partial charge < -0.3 is 5.32 Å². The van der Waals surface area contributed by atoms with Gasteiger partial charge >= 0.3 is 0 Å².